The van der Waals surface area contributed by atoms with Crippen molar-refractivity contribution in [1.29, 1.82) is 0 Å². The first-order valence-corrected chi connectivity index (χ1v) is 6.36. The van der Waals surface area contributed by atoms with Crippen LogP contribution in [0.15, 0.2) is 54.6 Å². The Kier molecular flexibility index (Phi) is 2.84. The number of anilines is 1. The summed E-state index contributed by atoms with van der Waals surface area (Å²) in [6.07, 6.45) is -0.621. The van der Waals surface area contributed by atoms with Crippen LogP contribution in [-0.4, -0.2) is 17.1 Å². The fourth-order valence-electron chi connectivity index (χ4n) is 2.59. The summed E-state index contributed by atoms with van der Waals surface area (Å²) in [6, 6.07) is 16.4. The first-order chi connectivity index (χ1) is 9.20. The van der Waals surface area contributed by atoms with E-state index in [9.17, 15) is 9.90 Å². The number of nitrogens with zero attached hydrogens (tertiary/aromatic N) is 1. The molecule has 2 atom stereocenters. The van der Waals surface area contributed by atoms with E-state index >= 15 is 0 Å². The molecule has 19 heavy (non-hydrogen) atoms. The van der Waals surface area contributed by atoms with E-state index in [1.807, 2.05) is 49.4 Å². The van der Waals surface area contributed by atoms with Gasteiger partial charge in [0.25, 0.3) is 5.91 Å². The minimum Gasteiger partial charge on any atom is -0.386 e. The molecular weight excluding hydrogens is 238 g/mol. The van der Waals surface area contributed by atoms with Gasteiger partial charge in [-0.1, -0.05) is 36.4 Å². The number of benzene rings is 2. The molecule has 0 aliphatic carbocycles. The van der Waals surface area contributed by atoms with E-state index in [1.165, 1.54) is 0 Å². The minimum atomic E-state index is -0.621. The summed E-state index contributed by atoms with van der Waals surface area (Å²) >= 11 is 0. The number of fused-ring (bicyclic) bond motifs is 1. The Bertz CT molecular complexity index is 609. The Morgan fingerprint density at radius 3 is 2.42 bits per heavy atom. The zero-order chi connectivity index (χ0) is 13.4. The van der Waals surface area contributed by atoms with Crippen LogP contribution in [0.5, 0.6) is 0 Å². The summed E-state index contributed by atoms with van der Waals surface area (Å²) in [4.78, 5) is 14.3. The average molecular weight is 253 g/mol. The Morgan fingerprint density at radius 2 is 1.68 bits per heavy atom. The predicted molar refractivity (Wildman–Crippen MR) is 74.1 cm³/mol. The molecule has 1 aliphatic rings. The molecule has 0 bridgehead atoms. The molecule has 0 fully saturated rings. The molecule has 2 aromatic rings. The summed E-state index contributed by atoms with van der Waals surface area (Å²) in [6.45, 7) is 1.87. The van der Waals surface area contributed by atoms with Crippen molar-refractivity contribution in [3.8, 4) is 0 Å². The molecule has 3 heteroatoms. The SMILES string of the molecule is C[C@@H]1[C@@H](O)c2ccccc2N1C(=O)c1ccccc1. The second-order valence-corrected chi connectivity index (χ2v) is 4.79. The molecule has 1 amide bonds. The molecular formula is C16H15NO2. The molecule has 0 radical (unpaired) electrons. The van der Waals surface area contributed by atoms with Gasteiger partial charge in [0.05, 0.1) is 11.7 Å². The van der Waals surface area contributed by atoms with Crippen LogP contribution in [-0.2, 0) is 0 Å². The number of para-hydroxylation sites is 1. The smallest absolute Gasteiger partial charge is 0.258 e. The third kappa shape index (κ3) is 1.83. The number of aliphatic hydroxyl groups is 1. The van der Waals surface area contributed by atoms with E-state index in [-0.39, 0.29) is 11.9 Å². The van der Waals surface area contributed by atoms with Crippen molar-refractivity contribution in [2.24, 2.45) is 0 Å². The zero-order valence-electron chi connectivity index (χ0n) is 10.7. The lowest BCUT2D eigenvalue weighted by Gasteiger charge is -2.23. The summed E-state index contributed by atoms with van der Waals surface area (Å²) in [5, 5.41) is 10.2. The van der Waals surface area contributed by atoms with Crippen LogP contribution in [0.2, 0.25) is 0 Å². The van der Waals surface area contributed by atoms with E-state index in [0.29, 0.717) is 5.56 Å². The Labute approximate surface area is 112 Å². The number of hydrogen-bond donors (Lipinski definition) is 1. The van der Waals surface area contributed by atoms with Crippen molar-refractivity contribution in [1.82, 2.24) is 0 Å². The molecule has 3 rings (SSSR count). The first kappa shape index (κ1) is 11.9. The maximum Gasteiger partial charge on any atom is 0.258 e. The number of rotatable bonds is 1. The Hall–Kier alpha value is -2.13. The summed E-state index contributed by atoms with van der Waals surface area (Å²) < 4.78 is 0. The number of amides is 1. The van der Waals surface area contributed by atoms with Gasteiger partial charge < -0.3 is 10.0 Å². The zero-order valence-corrected chi connectivity index (χ0v) is 10.7. The van der Waals surface area contributed by atoms with Gasteiger partial charge in [0.2, 0.25) is 0 Å². The molecule has 0 saturated heterocycles. The highest BCUT2D eigenvalue weighted by molar-refractivity contribution is 6.07. The van der Waals surface area contributed by atoms with Crippen molar-refractivity contribution in [3.05, 3.63) is 65.7 Å². The van der Waals surface area contributed by atoms with Crippen molar-refractivity contribution in [3.63, 3.8) is 0 Å². The molecule has 0 unspecified atom stereocenters. The quantitative estimate of drug-likeness (QED) is 0.849. The summed E-state index contributed by atoms with van der Waals surface area (Å²) in [5.74, 6) is -0.0721. The van der Waals surface area contributed by atoms with Gasteiger partial charge in [-0.25, -0.2) is 0 Å². The Morgan fingerprint density at radius 1 is 1.05 bits per heavy atom. The molecule has 1 N–H and O–H groups in total. The van der Waals surface area contributed by atoms with Crippen molar-refractivity contribution in [2.45, 2.75) is 19.1 Å². The monoisotopic (exact) mass is 253 g/mol. The Balaban J connectivity index is 2.04. The lowest BCUT2D eigenvalue weighted by atomic mass is 10.1. The highest BCUT2D eigenvalue weighted by Gasteiger charge is 2.37. The molecule has 2 aromatic carbocycles. The van der Waals surface area contributed by atoms with Crippen molar-refractivity contribution >= 4 is 11.6 Å². The van der Waals surface area contributed by atoms with Crippen LogP contribution in [0.25, 0.3) is 0 Å². The van der Waals surface area contributed by atoms with Gasteiger partial charge in [0, 0.05) is 11.1 Å². The highest BCUT2D eigenvalue weighted by Crippen LogP contribution is 2.39. The second kappa shape index (κ2) is 4.52. The fourth-order valence-corrected chi connectivity index (χ4v) is 2.59. The molecule has 0 spiro atoms. The van der Waals surface area contributed by atoms with Gasteiger partial charge in [0.1, 0.15) is 6.10 Å². The van der Waals surface area contributed by atoms with Gasteiger partial charge in [-0.15, -0.1) is 0 Å². The molecule has 1 aliphatic heterocycles. The fraction of sp³-hybridized carbons (Fsp3) is 0.188. The number of carbonyl (C=O) groups is 1. The summed E-state index contributed by atoms with van der Waals surface area (Å²) in [5.41, 5.74) is 2.26. The van der Waals surface area contributed by atoms with Gasteiger partial charge in [-0.2, -0.15) is 0 Å². The number of aliphatic hydroxyl groups excluding tert-OH is 1. The molecule has 1 heterocycles. The van der Waals surface area contributed by atoms with Gasteiger partial charge in [0.15, 0.2) is 0 Å². The maximum atomic E-state index is 12.6. The highest BCUT2D eigenvalue weighted by atomic mass is 16.3. The van der Waals surface area contributed by atoms with Crippen LogP contribution in [0.4, 0.5) is 5.69 Å². The maximum absolute atomic E-state index is 12.6. The van der Waals surface area contributed by atoms with Crippen LogP contribution >= 0.6 is 0 Å². The van der Waals surface area contributed by atoms with E-state index in [2.05, 4.69) is 0 Å². The average Bonchev–Trinajstić information content (AvgIpc) is 2.72. The number of carbonyl (C=O) groups excluding carboxylic acids is 1. The summed E-state index contributed by atoms with van der Waals surface area (Å²) in [7, 11) is 0. The van der Waals surface area contributed by atoms with Crippen LogP contribution < -0.4 is 4.90 Å². The molecule has 0 saturated carbocycles. The van der Waals surface area contributed by atoms with E-state index in [4.69, 9.17) is 0 Å². The standard InChI is InChI=1S/C16H15NO2/c1-11-15(18)13-9-5-6-10-14(13)17(11)16(19)12-7-3-2-4-8-12/h2-11,15,18H,1H3/t11-,15-/m1/s1. The van der Waals surface area contributed by atoms with Crippen LogP contribution in [0, 0.1) is 0 Å². The largest absolute Gasteiger partial charge is 0.386 e. The third-order valence-corrected chi connectivity index (χ3v) is 3.62. The second-order valence-electron chi connectivity index (χ2n) is 4.79. The number of hydrogen-bond acceptors (Lipinski definition) is 2. The van der Waals surface area contributed by atoms with Crippen molar-refractivity contribution in [2.75, 3.05) is 4.90 Å². The van der Waals surface area contributed by atoms with Gasteiger partial charge in [-0.05, 0) is 25.1 Å². The minimum absolute atomic E-state index is 0.0721. The van der Waals surface area contributed by atoms with Crippen LogP contribution in [0.1, 0.15) is 28.9 Å². The van der Waals surface area contributed by atoms with E-state index in [0.717, 1.165) is 11.3 Å². The molecule has 96 valence electrons. The molecule has 0 aromatic heterocycles. The topological polar surface area (TPSA) is 40.5 Å². The molecule has 3 nitrogen and oxygen atoms in total. The normalized spacial score (nSPS) is 21.3. The van der Waals surface area contributed by atoms with Gasteiger partial charge >= 0.3 is 0 Å². The van der Waals surface area contributed by atoms with Crippen LogP contribution in [0.3, 0.4) is 0 Å². The lowest BCUT2D eigenvalue weighted by Crippen LogP contribution is -2.37. The first-order valence-electron chi connectivity index (χ1n) is 6.36. The van der Waals surface area contributed by atoms with E-state index < -0.39 is 6.10 Å². The predicted octanol–water partition coefficient (Wildman–Crippen LogP) is 2.77. The lowest BCUT2D eigenvalue weighted by molar-refractivity contribution is 0.0946. The van der Waals surface area contributed by atoms with Crippen molar-refractivity contribution < 1.29 is 9.90 Å². The van der Waals surface area contributed by atoms with E-state index in [1.54, 1.807) is 17.0 Å². The third-order valence-electron chi connectivity index (χ3n) is 3.62. The van der Waals surface area contributed by atoms with Gasteiger partial charge in [-0.3, -0.25) is 4.79 Å².